The van der Waals surface area contributed by atoms with E-state index in [4.69, 9.17) is 18.9 Å². The first-order valence-electron chi connectivity index (χ1n) is 13.2. The molecule has 1 amide bonds. The molecule has 0 aromatic heterocycles. The number of amides is 1. The molecule has 35 heavy (non-hydrogen) atoms. The maximum absolute atomic E-state index is 12.9. The second-order valence-corrected chi connectivity index (χ2v) is 11.2. The average molecular weight is 494 g/mol. The minimum atomic E-state index is -0.324. The van der Waals surface area contributed by atoms with E-state index in [1.54, 1.807) is 7.11 Å². The predicted molar refractivity (Wildman–Crippen MR) is 135 cm³/mol. The molecular formula is C28H47NO6. The molecule has 0 aromatic rings. The highest BCUT2D eigenvalue weighted by Crippen LogP contribution is 2.59. The molecule has 1 spiro atoms. The van der Waals surface area contributed by atoms with Crippen LogP contribution in [0.5, 0.6) is 0 Å². The SMILES string of the molecule is C.CCC(=O)NC1CCC(CC(=O)OC2CC[C@]3(CO3)C([C@@]3(C)O[C@@H]3CC=C(C)C)C2OC)CC1. The largest absolute Gasteiger partial charge is 0.460 e. The lowest BCUT2D eigenvalue weighted by Crippen LogP contribution is -2.55. The van der Waals surface area contributed by atoms with Crippen molar-refractivity contribution in [1.82, 2.24) is 5.32 Å². The van der Waals surface area contributed by atoms with E-state index >= 15 is 0 Å². The van der Waals surface area contributed by atoms with Gasteiger partial charge in [-0.15, -0.1) is 0 Å². The van der Waals surface area contributed by atoms with Crippen LogP contribution in [0, 0.1) is 11.8 Å². The zero-order chi connectivity index (χ0) is 24.5. The van der Waals surface area contributed by atoms with Gasteiger partial charge in [0, 0.05) is 26.0 Å². The van der Waals surface area contributed by atoms with E-state index in [9.17, 15) is 9.59 Å². The maximum atomic E-state index is 12.9. The zero-order valence-electron chi connectivity index (χ0n) is 21.6. The van der Waals surface area contributed by atoms with Gasteiger partial charge in [0.2, 0.25) is 5.91 Å². The van der Waals surface area contributed by atoms with Crippen LogP contribution < -0.4 is 5.32 Å². The van der Waals surface area contributed by atoms with Gasteiger partial charge in [-0.1, -0.05) is 26.0 Å². The molecular weight excluding hydrogens is 446 g/mol. The second-order valence-electron chi connectivity index (χ2n) is 11.2. The van der Waals surface area contributed by atoms with Gasteiger partial charge < -0.3 is 24.3 Å². The highest BCUT2D eigenvalue weighted by molar-refractivity contribution is 5.75. The van der Waals surface area contributed by atoms with Gasteiger partial charge in [0.1, 0.15) is 23.4 Å². The Morgan fingerprint density at radius 1 is 1.14 bits per heavy atom. The number of carbonyl (C=O) groups excluding carboxylic acids is 2. The average Bonchev–Trinajstić information content (AvgIpc) is 3.72. The molecule has 3 unspecified atom stereocenters. The van der Waals surface area contributed by atoms with Crippen molar-refractivity contribution in [3.63, 3.8) is 0 Å². The molecule has 7 nitrogen and oxygen atoms in total. The van der Waals surface area contributed by atoms with E-state index in [-0.39, 0.29) is 60.8 Å². The van der Waals surface area contributed by atoms with Crippen molar-refractivity contribution in [1.29, 1.82) is 0 Å². The van der Waals surface area contributed by atoms with Crippen LogP contribution in [0.2, 0.25) is 0 Å². The van der Waals surface area contributed by atoms with Crippen molar-refractivity contribution in [2.75, 3.05) is 13.7 Å². The van der Waals surface area contributed by atoms with Crippen molar-refractivity contribution in [3.05, 3.63) is 11.6 Å². The third kappa shape index (κ3) is 6.28. The van der Waals surface area contributed by atoms with Gasteiger partial charge in [0.05, 0.1) is 18.6 Å². The molecule has 0 radical (unpaired) electrons. The van der Waals surface area contributed by atoms with Gasteiger partial charge in [-0.3, -0.25) is 9.59 Å². The van der Waals surface area contributed by atoms with Gasteiger partial charge in [0.15, 0.2) is 0 Å². The molecule has 4 fully saturated rings. The molecule has 1 N–H and O–H groups in total. The van der Waals surface area contributed by atoms with Gasteiger partial charge >= 0.3 is 5.97 Å². The number of carbonyl (C=O) groups is 2. The molecule has 0 bridgehead atoms. The summed E-state index contributed by atoms with van der Waals surface area (Å²) in [7, 11) is 1.71. The van der Waals surface area contributed by atoms with E-state index in [2.05, 4.69) is 32.2 Å². The Hall–Kier alpha value is -1.44. The molecule has 0 aromatic carbocycles. The van der Waals surface area contributed by atoms with Gasteiger partial charge in [-0.25, -0.2) is 0 Å². The highest BCUT2D eigenvalue weighted by atomic mass is 16.6. The van der Waals surface area contributed by atoms with Crippen molar-refractivity contribution in [2.45, 2.75) is 128 Å². The van der Waals surface area contributed by atoms with Crippen LogP contribution in [-0.4, -0.2) is 61.1 Å². The van der Waals surface area contributed by atoms with Crippen LogP contribution in [0.3, 0.4) is 0 Å². The summed E-state index contributed by atoms with van der Waals surface area (Å²) in [6.07, 6.45) is 9.06. The molecule has 4 rings (SSSR count). The number of nitrogens with one attached hydrogen (secondary N) is 1. The molecule has 2 aliphatic heterocycles. The van der Waals surface area contributed by atoms with Crippen LogP contribution in [-0.2, 0) is 28.5 Å². The van der Waals surface area contributed by atoms with Crippen molar-refractivity contribution in [3.8, 4) is 0 Å². The number of rotatable bonds is 9. The minimum Gasteiger partial charge on any atom is -0.460 e. The molecule has 2 saturated carbocycles. The number of hydrogen-bond donors (Lipinski definition) is 1. The fourth-order valence-electron chi connectivity index (χ4n) is 6.36. The first-order valence-corrected chi connectivity index (χ1v) is 13.2. The van der Waals surface area contributed by atoms with Gasteiger partial charge in [0.25, 0.3) is 0 Å². The number of hydrogen-bond acceptors (Lipinski definition) is 6. The zero-order valence-corrected chi connectivity index (χ0v) is 21.6. The van der Waals surface area contributed by atoms with E-state index in [1.165, 1.54) is 5.57 Å². The van der Waals surface area contributed by atoms with Crippen LogP contribution >= 0.6 is 0 Å². The first kappa shape index (κ1) is 28.1. The van der Waals surface area contributed by atoms with Crippen molar-refractivity contribution in [2.24, 2.45) is 11.8 Å². The van der Waals surface area contributed by atoms with E-state index < -0.39 is 0 Å². The molecule has 6 atom stereocenters. The van der Waals surface area contributed by atoms with E-state index in [0.29, 0.717) is 18.8 Å². The van der Waals surface area contributed by atoms with Crippen LogP contribution in [0.15, 0.2) is 11.6 Å². The summed E-state index contributed by atoms with van der Waals surface area (Å²) in [6.45, 7) is 8.97. The number of methoxy groups -OCH3 is 1. The standard InChI is InChI=1S/C27H43NO6.CH4/c1-6-22(29)28-19-10-8-18(9-11-19)15-23(30)33-20-13-14-27(16-32-27)25(24(20)31-5)26(4)21(34-26)12-7-17(2)3;/h7,18-21,24-25H,6,8-16H2,1-5H3,(H,28,29);1H4/t18?,19?,20?,21-,24?,25?,26+,27+;/m1./s1. The Balaban J connectivity index is 0.00000342. The van der Waals surface area contributed by atoms with Crippen molar-refractivity contribution >= 4 is 11.9 Å². The normalized spacial score (nSPS) is 39.8. The first-order chi connectivity index (χ1) is 16.2. The number of ether oxygens (including phenoxy) is 4. The van der Waals surface area contributed by atoms with Gasteiger partial charge in [-0.05, 0) is 71.6 Å². The highest BCUT2D eigenvalue weighted by Gasteiger charge is 2.72. The lowest BCUT2D eigenvalue weighted by atomic mass is 9.68. The summed E-state index contributed by atoms with van der Waals surface area (Å²) in [6, 6.07) is 0.241. The fraction of sp³-hybridized carbons (Fsp3) is 0.857. The lowest BCUT2D eigenvalue weighted by molar-refractivity contribution is -0.173. The number of esters is 1. The van der Waals surface area contributed by atoms with Crippen LogP contribution in [0.1, 0.15) is 92.9 Å². The minimum absolute atomic E-state index is 0. The summed E-state index contributed by atoms with van der Waals surface area (Å²) in [4.78, 5) is 24.6. The second kappa shape index (κ2) is 11.3. The molecule has 2 aliphatic carbocycles. The molecule has 7 heteroatoms. The Labute approximate surface area is 211 Å². The van der Waals surface area contributed by atoms with E-state index in [1.807, 2.05) is 6.92 Å². The summed E-state index contributed by atoms with van der Waals surface area (Å²) in [5.41, 5.74) is 0.755. The Morgan fingerprint density at radius 3 is 2.40 bits per heavy atom. The molecule has 4 aliphatic rings. The van der Waals surface area contributed by atoms with E-state index in [0.717, 1.165) is 51.6 Å². The quantitative estimate of drug-likeness (QED) is 0.284. The lowest BCUT2D eigenvalue weighted by Gasteiger charge is -2.42. The number of allylic oxidation sites excluding steroid dienone is 1. The molecule has 2 saturated heterocycles. The maximum Gasteiger partial charge on any atom is 0.306 e. The van der Waals surface area contributed by atoms with Crippen LogP contribution in [0.25, 0.3) is 0 Å². The topological polar surface area (TPSA) is 89.7 Å². The predicted octanol–water partition coefficient (Wildman–Crippen LogP) is 4.72. The van der Waals surface area contributed by atoms with Gasteiger partial charge in [-0.2, -0.15) is 0 Å². The third-order valence-corrected chi connectivity index (χ3v) is 8.51. The fourth-order valence-corrected chi connectivity index (χ4v) is 6.36. The van der Waals surface area contributed by atoms with Crippen LogP contribution in [0.4, 0.5) is 0 Å². The Kier molecular flexibility index (Phi) is 9.09. The Bertz CT molecular complexity index is 780. The summed E-state index contributed by atoms with van der Waals surface area (Å²) in [5, 5.41) is 3.08. The molecule has 2 heterocycles. The third-order valence-electron chi connectivity index (χ3n) is 8.51. The molecule has 200 valence electrons. The summed E-state index contributed by atoms with van der Waals surface area (Å²) in [5.74, 6) is 0.333. The smallest absolute Gasteiger partial charge is 0.306 e. The Morgan fingerprint density at radius 2 is 1.83 bits per heavy atom. The number of epoxide rings is 2. The van der Waals surface area contributed by atoms with Crippen molar-refractivity contribution < 1.29 is 28.5 Å². The summed E-state index contributed by atoms with van der Waals surface area (Å²) >= 11 is 0. The monoisotopic (exact) mass is 493 g/mol. The summed E-state index contributed by atoms with van der Waals surface area (Å²) < 4.78 is 24.3.